The van der Waals surface area contributed by atoms with Crippen molar-refractivity contribution in [1.82, 2.24) is 19.4 Å². The Hall–Kier alpha value is -2.96. The van der Waals surface area contributed by atoms with Crippen LogP contribution in [0.4, 0.5) is 0 Å². The lowest BCUT2D eigenvalue weighted by molar-refractivity contribution is -0.130. The summed E-state index contributed by atoms with van der Waals surface area (Å²) >= 11 is 0. The molecule has 3 heterocycles. The zero-order valence-corrected chi connectivity index (χ0v) is 13.9. The number of rotatable bonds is 2. The summed E-state index contributed by atoms with van der Waals surface area (Å²) in [5, 5.41) is 0. The number of nitrogens with zero attached hydrogens (tertiary/aromatic N) is 4. The number of hydrogen-bond acceptors (Lipinski definition) is 5. The number of carbonyl (C=O) groups is 1. The molecule has 7 heteroatoms. The largest absolute Gasteiger partial charge is 0.425 e. The van der Waals surface area contributed by atoms with Crippen molar-refractivity contribution < 1.29 is 9.21 Å². The molecule has 3 aromatic rings. The lowest BCUT2D eigenvalue weighted by Gasteiger charge is -2.31. The highest BCUT2D eigenvalue weighted by Crippen LogP contribution is 2.25. The first-order valence-electron chi connectivity index (χ1n) is 8.32. The first-order chi connectivity index (χ1) is 12.1. The monoisotopic (exact) mass is 338 g/mol. The third-order valence-corrected chi connectivity index (χ3v) is 4.66. The van der Waals surface area contributed by atoms with Crippen molar-refractivity contribution in [1.29, 1.82) is 0 Å². The Labute approximate surface area is 143 Å². The van der Waals surface area contributed by atoms with Gasteiger partial charge in [0.1, 0.15) is 0 Å². The van der Waals surface area contributed by atoms with Crippen LogP contribution < -0.4 is 5.76 Å². The zero-order chi connectivity index (χ0) is 17.4. The van der Waals surface area contributed by atoms with Crippen LogP contribution in [-0.4, -0.2) is 38.4 Å². The van der Waals surface area contributed by atoms with Crippen LogP contribution in [0.2, 0.25) is 0 Å². The average Bonchev–Trinajstić information content (AvgIpc) is 2.97. The Balaban J connectivity index is 1.65. The Morgan fingerprint density at radius 1 is 1.24 bits per heavy atom. The van der Waals surface area contributed by atoms with Gasteiger partial charge < -0.3 is 9.32 Å². The fourth-order valence-corrected chi connectivity index (χ4v) is 3.35. The van der Waals surface area contributed by atoms with Crippen molar-refractivity contribution in [2.45, 2.75) is 25.7 Å². The minimum atomic E-state index is -0.483. The third kappa shape index (κ3) is 2.82. The molecule has 0 unspecified atom stereocenters. The van der Waals surface area contributed by atoms with Crippen LogP contribution in [0, 0.1) is 0 Å². The number of hydrogen-bond donors (Lipinski definition) is 0. The van der Waals surface area contributed by atoms with Crippen molar-refractivity contribution in [3.8, 4) is 5.82 Å². The van der Waals surface area contributed by atoms with E-state index in [1.165, 1.54) is 4.57 Å². The van der Waals surface area contributed by atoms with E-state index in [2.05, 4.69) is 9.97 Å². The highest BCUT2D eigenvalue weighted by Gasteiger charge is 2.24. The van der Waals surface area contributed by atoms with Gasteiger partial charge >= 0.3 is 5.76 Å². The summed E-state index contributed by atoms with van der Waals surface area (Å²) in [6, 6.07) is 7.21. The van der Waals surface area contributed by atoms with E-state index in [9.17, 15) is 9.59 Å². The Bertz CT molecular complexity index is 974. The Morgan fingerprint density at radius 2 is 2.08 bits per heavy atom. The normalized spacial score (nSPS) is 17.8. The molecule has 1 aromatic carbocycles. The SMILES string of the molecule is CC(=O)N1CCC[C@@H](c2cnc(-n3c(=O)oc4ccccc43)cn2)C1. The van der Waals surface area contributed by atoms with Crippen molar-refractivity contribution in [3.63, 3.8) is 0 Å². The van der Waals surface area contributed by atoms with Crippen LogP contribution in [0.15, 0.2) is 45.9 Å². The van der Waals surface area contributed by atoms with E-state index >= 15 is 0 Å². The summed E-state index contributed by atoms with van der Waals surface area (Å²) in [7, 11) is 0. The maximum Gasteiger partial charge on any atom is 0.425 e. The van der Waals surface area contributed by atoms with Gasteiger partial charge in [0, 0.05) is 25.9 Å². The third-order valence-electron chi connectivity index (χ3n) is 4.66. The molecule has 0 spiro atoms. The number of amides is 1. The van der Waals surface area contributed by atoms with Crippen LogP contribution in [0.25, 0.3) is 16.9 Å². The van der Waals surface area contributed by atoms with Gasteiger partial charge in [-0.25, -0.2) is 14.3 Å². The molecule has 0 aliphatic carbocycles. The smallest absolute Gasteiger partial charge is 0.407 e. The number of piperidine rings is 1. The number of oxazole rings is 1. The molecule has 128 valence electrons. The van der Waals surface area contributed by atoms with Gasteiger partial charge in [-0.3, -0.25) is 9.78 Å². The molecular formula is C18H18N4O3. The second kappa shape index (κ2) is 6.16. The zero-order valence-electron chi connectivity index (χ0n) is 13.9. The van der Waals surface area contributed by atoms with Crippen LogP contribution >= 0.6 is 0 Å². The number of likely N-dealkylation sites (tertiary alicyclic amines) is 1. The molecule has 1 aliphatic heterocycles. The maximum atomic E-state index is 12.1. The second-order valence-electron chi connectivity index (χ2n) is 6.27. The lowest BCUT2D eigenvalue weighted by atomic mass is 9.95. The fraction of sp³-hybridized carbons (Fsp3) is 0.333. The molecule has 4 rings (SSSR count). The summed E-state index contributed by atoms with van der Waals surface area (Å²) in [5.74, 6) is 0.212. The van der Waals surface area contributed by atoms with E-state index in [-0.39, 0.29) is 11.8 Å². The molecule has 1 saturated heterocycles. The van der Waals surface area contributed by atoms with Gasteiger partial charge in [0.25, 0.3) is 0 Å². The van der Waals surface area contributed by atoms with Crippen LogP contribution in [0.1, 0.15) is 31.4 Å². The fourth-order valence-electron chi connectivity index (χ4n) is 3.35. The highest BCUT2D eigenvalue weighted by molar-refractivity contribution is 5.74. The average molecular weight is 338 g/mol. The second-order valence-corrected chi connectivity index (χ2v) is 6.27. The molecule has 0 radical (unpaired) electrons. The predicted molar refractivity (Wildman–Crippen MR) is 91.6 cm³/mol. The Morgan fingerprint density at radius 3 is 2.84 bits per heavy atom. The molecule has 0 saturated carbocycles. The quantitative estimate of drug-likeness (QED) is 0.715. The molecule has 0 N–H and O–H groups in total. The predicted octanol–water partition coefficient (Wildman–Crippen LogP) is 2.10. The molecule has 2 aromatic heterocycles. The van der Waals surface area contributed by atoms with Gasteiger partial charge in [-0.1, -0.05) is 12.1 Å². The van der Waals surface area contributed by atoms with Crippen molar-refractivity contribution >= 4 is 17.0 Å². The van der Waals surface area contributed by atoms with Crippen LogP contribution in [0.3, 0.4) is 0 Å². The maximum absolute atomic E-state index is 12.1. The number of fused-ring (bicyclic) bond motifs is 1. The highest BCUT2D eigenvalue weighted by atomic mass is 16.4. The van der Waals surface area contributed by atoms with Crippen molar-refractivity contribution in [2.24, 2.45) is 0 Å². The molecule has 1 fully saturated rings. The van der Waals surface area contributed by atoms with Crippen LogP contribution in [-0.2, 0) is 4.79 Å². The van der Waals surface area contributed by atoms with Gasteiger partial charge in [0.05, 0.1) is 23.6 Å². The van der Waals surface area contributed by atoms with E-state index in [0.29, 0.717) is 23.5 Å². The summed E-state index contributed by atoms with van der Waals surface area (Å²) in [5.41, 5.74) is 2.02. The van der Waals surface area contributed by atoms with Gasteiger partial charge in [0.15, 0.2) is 11.4 Å². The van der Waals surface area contributed by atoms with Gasteiger partial charge in [-0.15, -0.1) is 0 Å². The molecule has 1 atom stereocenters. The first-order valence-corrected chi connectivity index (χ1v) is 8.32. The molecule has 1 amide bonds. The van der Waals surface area contributed by atoms with Gasteiger partial charge in [0.2, 0.25) is 5.91 Å². The number of para-hydroxylation sites is 2. The number of carbonyl (C=O) groups excluding carboxylic acids is 1. The van der Waals surface area contributed by atoms with E-state index in [1.54, 1.807) is 25.4 Å². The molecule has 1 aliphatic rings. The summed E-state index contributed by atoms with van der Waals surface area (Å²) < 4.78 is 6.65. The first kappa shape index (κ1) is 15.6. The van der Waals surface area contributed by atoms with Gasteiger partial charge in [-0.2, -0.15) is 0 Å². The topological polar surface area (TPSA) is 81.2 Å². The molecule has 25 heavy (non-hydrogen) atoms. The van der Waals surface area contributed by atoms with E-state index in [1.807, 2.05) is 23.1 Å². The van der Waals surface area contributed by atoms with E-state index in [4.69, 9.17) is 4.42 Å². The molecule has 0 bridgehead atoms. The minimum absolute atomic E-state index is 0.0886. The minimum Gasteiger partial charge on any atom is -0.407 e. The lowest BCUT2D eigenvalue weighted by Crippen LogP contribution is -2.37. The van der Waals surface area contributed by atoms with Gasteiger partial charge in [-0.05, 0) is 25.0 Å². The summed E-state index contributed by atoms with van der Waals surface area (Å²) in [6.07, 6.45) is 5.22. The molecule has 7 nitrogen and oxygen atoms in total. The number of benzene rings is 1. The van der Waals surface area contributed by atoms with E-state index < -0.39 is 5.76 Å². The van der Waals surface area contributed by atoms with E-state index in [0.717, 1.165) is 25.1 Å². The number of aromatic nitrogens is 3. The summed E-state index contributed by atoms with van der Waals surface area (Å²) in [4.78, 5) is 34.5. The van der Waals surface area contributed by atoms with Crippen molar-refractivity contribution in [3.05, 3.63) is 52.9 Å². The summed E-state index contributed by atoms with van der Waals surface area (Å²) in [6.45, 7) is 3.05. The molecular weight excluding hydrogens is 320 g/mol. The van der Waals surface area contributed by atoms with Crippen LogP contribution in [0.5, 0.6) is 0 Å². The Kier molecular flexibility index (Phi) is 3.83. The van der Waals surface area contributed by atoms with Crippen molar-refractivity contribution in [2.75, 3.05) is 13.1 Å². The standard InChI is InChI=1S/C18H18N4O3/c1-12(23)21-8-4-5-13(11-21)14-9-20-17(10-19-14)22-15-6-2-3-7-16(15)25-18(22)24/h2-3,6-7,9-10,13H,4-5,8,11H2,1H3/t13-/m1/s1.